The maximum absolute atomic E-state index is 13.0. The molecule has 1 unspecified atom stereocenters. The molecule has 5 heteroatoms. The molecule has 2 atom stereocenters. The smallest absolute Gasteiger partial charge is 0.282 e. The molecule has 3 aromatic rings. The van der Waals surface area contributed by atoms with Crippen LogP contribution in [-0.2, 0) is 11.3 Å². The van der Waals surface area contributed by atoms with Crippen molar-refractivity contribution in [2.75, 3.05) is 19.5 Å². The van der Waals surface area contributed by atoms with Gasteiger partial charge >= 0.3 is 0 Å². The Morgan fingerprint density at radius 3 is 2.48 bits per heavy atom. The van der Waals surface area contributed by atoms with Gasteiger partial charge in [0, 0.05) is 21.8 Å². The fourth-order valence-electron chi connectivity index (χ4n) is 3.27. The zero-order chi connectivity index (χ0) is 20.8. The van der Waals surface area contributed by atoms with Crippen LogP contribution in [-0.4, -0.2) is 26.1 Å². The Morgan fingerprint density at radius 2 is 1.76 bits per heavy atom. The average molecular weight is 410 g/mol. The molecule has 29 heavy (non-hydrogen) atoms. The molecule has 0 aliphatic heterocycles. The van der Waals surface area contributed by atoms with Crippen LogP contribution < -0.4 is 15.0 Å². The fourth-order valence-corrected chi connectivity index (χ4v) is 3.46. The van der Waals surface area contributed by atoms with E-state index in [2.05, 4.69) is 5.32 Å². The number of carbonyl (C=O) groups excluding carboxylic acids is 1. The van der Waals surface area contributed by atoms with E-state index in [1.165, 1.54) is 0 Å². The van der Waals surface area contributed by atoms with Gasteiger partial charge in [-0.1, -0.05) is 60.1 Å². The Bertz CT molecular complexity index is 976. The number of hydrogen-bond acceptors (Lipinski definition) is 2. The normalized spacial score (nSPS) is 12.8. The first-order chi connectivity index (χ1) is 14.0. The highest BCUT2D eigenvalue weighted by Gasteiger charge is 2.24. The predicted molar refractivity (Wildman–Crippen MR) is 119 cm³/mol. The van der Waals surface area contributed by atoms with Crippen molar-refractivity contribution in [1.29, 1.82) is 0 Å². The molecule has 0 aliphatic carbocycles. The molecule has 0 saturated heterocycles. The van der Waals surface area contributed by atoms with Gasteiger partial charge < -0.3 is 15.0 Å². The summed E-state index contributed by atoms with van der Waals surface area (Å²) in [6.45, 7) is 2.55. The third kappa shape index (κ3) is 5.17. The lowest BCUT2D eigenvalue weighted by atomic mass is 10.0. The van der Waals surface area contributed by atoms with E-state index in [0.717, 1.165) is 33.0 Å². The second-order valence-electron chi connectivity index (χ2n) is 7.10. The van der Waals surface area contributed by atoms with Gasteiger partial charge in [0.15, 0.2) is 6.04 Å². The summed E-state index contributed by atoms with van der Waals surface area (Å²) in [4.78, 5) is 14.0. The van der Waals surface area contributed by atoms with Crippen LogP contribution in [0.5, 0.6) is 5.75 Å². The molecule has 0 spiro atoms. The van der Waals surface area contributed by atoms with Crippen LogP contribution in [0.2, 0.25) is 5.02 Å². The zero-order valence-electron chi connectivity index (χ0n) is 16.9. The molecule has 3 aromatic carbocycles. The van der Waals surface area contributed by atoms with Crippen molar-refractivity contribution in [1.82, 2.24) is 0 Å². The number of nitrogens with one attached hydrogen (secondary N) is 2. The van der Waals surface area contributed by atoms with Crippen molar-refractivity contribution in [3.05, 3.63) is 83.4 Å². The lowest BCUT2D eigenvalue weighted by Gasteiger charge is -2.22. The van der Waals surface area contributed by atoms with Crippen molar-refractivity contribution in [3.63, 3.8) is 0 Å². The lowest BCUT2D eigenvalue weighted by molar-refractivity contribution is -0.907. The summed E-state index contributed by atoms with van der Waals surface area (Å²) in [5.74, 6) is 0.739. The average Bonchev–Trinajstić information content (AvgIpc) is 2.74. The van der Waals surface area contributed by atoms with E-state index >= 15 is 0 Å². The van der Waals surface area contributed by atoms with Crippen molar-refractivity contribution in [2.45, 2.75) is 19.5 Å². The summed E-state index contributed by atoms with van der Waals surface area (Å²) in [5.41, 5.74) is 3.86. The minimum absolute atomic E-state index is 0.0353. The van der Waals surface area contributed by atoms with Crippen molar-refractivity contribution >= 4 is 23.2 Å². The topological polar surface area (TPSA) is 42.8 Å². The van der Waals surface area contributed by atoms with Crippen LogP contribution in [0.1, 0.15) is 12.5 Å². The fraction of sp³-hybridized carbons (Fsp3) is 0.208. The molecule has 0 fully saturated rings. The maximum Gasteiger partial charge on any atom is 0.282 e. The quantitative estimate of drug-likeness (QED) is 0.618. The molecule has 0 aliphatic rings. The maximum atomic E-state index is 13.0. The standard InChI is InChI=1S/C24H25ClN2O2/c1-17(27(2)16-19-15-20(25)13-14-23(19)29-3)24(28)26-22-12-8-7-11-21(22)18-9-5-4-6-10-18/h4-15,17H,16H2,1-3H3,(H,26,28)/p+1/t17-/m0/s1. The number of quaternary nitrogens is 1. The van der Waals surface area contributed by atoms with E-state index in [0.29, 0.717) is 11.6 Å². The Balaban J connectivity index is 1.74. The Hall–Kier alpha value is -2.82. The van der Waals surface area contributed by atoms with E-state index in [4.69, 9.17) is 16.3 Å². The van der Waals surface area contributed by atoms with Crippen LogP contribution in [0, 0.1) is 0 Å². The number of halogens is 1. The molecule has 4 nitrogen and oxygen atoms in total. The van der Waals surface area contributed by atoms with Crippen LogP contribution >= 0.6 is 11.6 Å². The SMILES string of the molecule is COc1ccc(Cl)cc1C[NH+](C)[C@@H](C)C(=O)Nc1ccccc1-c1ccccc1. The molecule has 0 radical (unpaired) electrons. The first-order valence-corrected chi connectivity index (χ1v) is 9.97. The number of likely N-dealkylation sites (N-methyl/N-ethyl adjacent to an activating group) is 1. The Labute approximate surface area is 177 Å². The molecule has 150 valence electrons. The molecule has 2 N–H and O–H groups in total. The number of rotatable bonds is 7. The first-order valence-electron chi connectivity index (χ1n) is 9.59. The van der Waals surface area contributed by atoms with Gasteiger partial charge in [0.1, 0.15) is 12.3 Å². The largest absolute Gasteiger partial charge is 0.496 e. The van der Waals surface area contributed by atoms with Gasteiger partial charge in [-0.25, -0.2) is 0 Å². The molecule has 0 bridgehead atoms. The summed E-state index contributed by atoms with van der Waals surface area (Å²) in [6, 6.07) is 23.2. The number of para-hydroxylation sites is 1. The zero-order valence-corrected chi connectivity index (χ0v) is 17.7. The van der Waals surface area contributed by atoms with Crippen LogP contribution in [0.15, 0.2) is 72.8 Å². The summed E-state index contributed by atoms with van der Waals surface area (Å²) < 4.78 is 5.43. The molecular weight excluding hydrogens is 384 g/mol. The van der Waals surface area contributed by atoms with Gasteiger partial charge in [0.2, 0.25) is 0 Å². The second-order valence-corrected chi connectivity index (χ2v) is 7.54. The van der Waals surface area contributed by atoms with E-state index in [1.807, 2.05) is 80.7 Å². The van der Waals surface area contributed by atoms with E-state index in [-0.39, 0.29) is 11.9 Å². The minimum atomic E-state index is -0.262. The number of ether oxygens (including phenoxy) is 1. The van der Waals surface area contributed by atoms with Gasteiger partial charge in [-0.2, -0.15) is 0 Å². The molecule has 1 amide bonds. The predicted octanol–water partition coefficient (Wildman–Crippen LogP) is 4.06. The van der Waals surface area contributed by atoms with Crippen LogP contribution in [0.25, 0.3) is 11.1 Å². The first kappa shape index (κ1) is 20.9. The Kier molecular flexibility index (Phi) is 6.91. The molecule has 0 heterocycles. The van der Waals surface area contributed by atoms with Crippen molar-refractivity contribution in [3.8, 4) is 16.9 Å². The number of amides is 1. The van der Waals surface area contributed by atoms with Crippen molar-refractivity contribution < 1.29 is 14.4 Å². The lowest BCUT2D eigenvalue weighted by Crippen LogP contribution is -3.12. The number of methoxy groups -OCH3 is 1. The number of anilines is 1. The summed E-state index contributed by atoms with van der Waals surface area (Å²) in [6.07, 6.45) is 0. The minimum Gasteiger partial charge on any atom is -0.496 e. The van der Waals surface area contributed by atoms with Gasteiger partial charge in [0.25, 0.3) is 5.91 Å². The van der Waals surface area contributed by atoms with Gasteiger partial charge in [0.05, 0.1) is 14.2 Å². The number of benzene rings is 3. The molecule has 0 aromatic heterocycles. The second kappa shape index (κ2) is 9.59. The van der Waals surface area contributed by atoms with Crippen LogP contribution in [0.4, 0.5) is 5.69 Å². The highest BCUT2D eigenvalue weighted by atomic mass is 35.5. The number of hydrogen-bond donors (Lipinski definition) is 2. The molecule has 3 rings (SSSR count). The van der Waals surface area contributed by atoms with Crippen molar-refractivity contribution in [2.24, 2.45) is 0 Å². The van der Waals surface area contributed by atoms with Gasteiger partial charge in [-0.3, -0.25) is 4.79 Å². The molecule has 0 saturated carbocycles. The summed E-state index contributed by atoms with van der Waals surface area (Å²) in [5, 5.41) is 3.75. The third-order valence-electron chi connectivity index (χ3n) is 5.11. The van der Waals surface area contributed by atoms with Gasteiger partial charge in [-0.05, 0) is 36.8 Å². The monoisotopic (exact) mass is 409 g/mol. The number of carbonyl (C=O) groups is 1. The molecular formula is C24H26ClN2O2+. The van der Waals surface area contributed by atoms with E-state index < -0.39 is 0 Å². The third-order valence-corrected chi connectivity index (χ3v) is 5.35. The highest BCUT2D eigenvalue weighted by molar-refractivity contribution is 6.30. The van der Waals surface area contributed by atoms with E-state index in [1.54, 1.807) is 13.2 Å². The van der Waals surface area contributed by atoms with Gasteiger partial charge in [-0.15, -0.1) is 0 Å². The van der Waals surface area contributed by atoms with E-state index in [9.17, 15) is 4.79 Å². The summed E-state index contributed by atoms with van der Waals surface area (Å²) in [7, 11) is 3.63. The summed E-state index contributed by atoms with van der Waals surface area (Å²) >= 11 is 6.14. The highest BCUT2D eigenvalue weighted by Crippen LogP contribution is 2.27. The van der Waals surface area contributed by atoms with Crippen LogP contribution in [0.3, 0.4) is 0 Å². The Morgan fingerprint density at radius 1 is 1.07 bits per heavy atom.